The zero-order chi connectivity index (χ0) is 9.84. The van der Waals surface area contributed by atoms with E-state index in [4.69, 9.17) is 5.26 Å². The third kappa shape index (κ3) is 2.53. The van der Waals surface area contributed by atoms with E-state index in [0.29, 0.717) is 12.5 Å². The molecule has 1 saturated heterocycles. The van der Waals surface area contributed by atoms with E-state index in [1.165, 1.54) is 0 Å². The van der Waals surface area contributed by atoms with Crippen LogP contribution in [-0.4, -0.2) is 29.3 Å². The number of Topliss-reactive ketones (excluding diaryl/α,β-unsaturated/α-hetero) is 1. The summed E-state index contributed by atoms with van der Waals surface area (Å²) in [6.07, 6.45) is 2.78. The Labute approximate surface area is 79.3 Å². The molecule has 1 rings (SSSR count). The number of ketones is 1. The molecule has 1 aliphatic rings. The number of rotatable bonds is 3. The van der Waals surface area contributed by atoms with Gasteiger partial charge in [0.1, 0.15) is 5.78 Å². The molecule has 0 saturated carbocycles. The molecule has 2 atom stereocenters. The standard InChI is InChI=1S/C10H16N2O/c1-8(7-11)12-5-3-4-10(12)6-9(2)13/h8,10H,3-6H2,1-2H3. The Morgan fingerprint density at radius 3 is 3.00 bits per heavy atom. The lowest BCUT2D eigenvalue weighted by molar-refractivity contribution is -0.118. The van der Waals surface area contributed by atoms with Crippen LogP contribution in [0, 0.1) is 11.3 Å². The maximum absolute atomic E-state index is 10.9. The van der Waals surface area contributed by atoms with E-state index < -0.39 is 0 Å². The minimum absolute atomic E-state index is 0.0492. The molecule has 1 heterocycles. The van der Waals surface area contributed by atoms with E-state index in [1.54, 1.807) is 6.92 Å². The molecule has 0 radical (unpaired) electrons. The number of hydrogen-bond acceptors (Lipinski definition) is 3. The van der Waals surface area contributed by atoms with Crippen LogP contribution in [0.5, 0.6) is 0 Å². The Kier molecular flexibility index (Phi) is 3.44. The predicted octanol–water partition coefficient (Wildman–Crippen LogP) is 1.34. The lowest BCUT2D eigenvalue weighted by Crippen LogP contribution is -2.37. The minimum Gasteiger partial charge on any atom is -0.300 e. The summed E-state index contributed by atoms with van der Waals surface area (Å²) in [4.78, 5) is 13.1. The lowest BCUT2D eigenvalue weighted by Gasteiger charge is -2.25. The van der Waals surface area contributed by atoms with Crippen LogP contribution in [-0.2, 0) is 4.79 Å². The molecule has 1 aliphatic heterocycles. The zero-order valence-corrected chi connectivity index (χ0v) is 8.29. The topological polar surface area (TPSA) is 44.1 Å². The smallest absolute Gasteiger partial charge is 0.131 e. The summed E-state index contributed by atoms with van der Waals surface area (Å²) in [5.41, 5.74) is 0. The highest BCUT2D eigenvalue weighted by molar-refractivity contribution is 5.76. The Balaban J connectivity index is 2.54. The summed E-state index contributed by atoms with van der Waals surface area (Å²) in [6.45, 7) is 4.48. The molecule has 1 fully saturated rings. The van der Waals surface area contributed by atoms with Gasteiger partial charge in [-0.05, 0) is 33.2 Å². The monoisotopic (exact) mass is 180 g/mol. The second-order valence-electron chi connectivity index (χ2n) is 3.75. The van der Waals surface area contributed by atoms with E-state index in [0.717, 1.165) is 19.4 Å². The summed E-state index contributed by atoms with van der Waals surface area (Å²) in [5.74, 6) is 0.224. The number of carbonyl (C=O) groups excluding carboxylic acids is 1. The summed E-state index contributed by atoms with van der Waals surface area (Å²) in [5, 5.41) is 8.77. The lowest BCUT2D eigenvalue weighted by atomic mass is 10.1. The quantitative estimate of drug-likeness (QED) is 0.658. The molecule has 0 bridgehead atoms. The molecule has 2 unspecified atom stereocenters. The van der Waals surface area contributed by atoms with Gasteiger partial charge in [0.2, 0.25) is 0 Å². The summed E-state index contributed by atoms with van der Waals surface area (Å²) in [6, 6.07) is 2.49. The summed E-state index contributed by atoms with van der Waals surface area (Å²) in [7, 11) is 0. The highest BCUT2D eigenvalue weighted by atomic mass is 16.1. The number of nitriles is 1. The van der Waals surface area contributed by atoms with Crippen molar-refractivity contribution < 1.29 is 4.79 Å². The number of hydrogen-bond donors (Lipinski definition) is 0. The zero-order valence-electron chi connectivity index (χ0n) is 8.29. The van der Waals surface area contributed by atoms with E-state index >= 15 is 0 Å². The molecular formula is C10H16N2O. The third-order valence-corrected chi connectivity index (χ3v) is 2.63. The first-order chi connectivity index (χ1) is 6.15. The number of carbonyl (C=O) groups is 1. The highest BCUT2D eigenvalue weighted by Crippen LogP contribution is 2.22. The first-order valence-electron chi connectivity index (χ1n) is 4.80. The Morgan fingerprint density at radius 1 is 1.77 bits per heavy atom. The Morgan fingerprint density at radius 2 is 2.46 bits per heavy atom. The van der Waals surface area contributed by atoms with Gasteiger partial charge in [0.25, 0.3) is 0 Å². The van der Waals surface area contributed by atoms with E-state index in [-0.39, 0.29) is 11.8 Å². The van der Waals surface area contributed by atoms with E-state index in [1.807, 2.05) is 6.92 Å². The van der Waals surface area contributed by atoms with Crippen LogP contribution in [0.15, 0.2) is 0 Å². The predicted molar refractivity (Wildman–Crippen MR) is 50.1 cm³/mol. The maximum Gasteiger partial charge on any atom is 0.131 e. The first kappa shape index (κ1) is 10.2. The van der Waals surface area contributed by atoms with Gasteiger partial charge in [0, 0.05) is 12.5 Å². The van der Waals surface area contributed by atoms with Gasteiger partial charge in [-0.2, -0.15) is 5.26 Å². The molecule has 0 aromatic carbocycles. The van der Waals surface area contributed by atoms with Crippen LogP contribution in [0.4, 0.5) is 0 Å². The molecule has 0 amide bonds. The second kappa shape index (κ2) is 4.38. The van der Waals surface area contributed by atoms with Gasteiger partial charge in [-0.25, -0.2) is 0 Å². The van der Waals surface area contributed by atoms with Gasteiger partial charge in [-0.15, -0.1) is 0 Å². The Hall–Kier alpha value is -0.880. The van der Waals surface area contributed by atoms with Crippen LogP contribution in [0.3, 0.4) is 0 Å². The molecule has 72 valence electrons. The maximum atomic E-state index is 10.9. The van der Waals surface area contributed by atoms with Crippen molar-refractivity contribution in [1.82, 2.24) is 4.90 Å². The minimum atomic E-state index is -0.0492. The average Bonchev–Trinajstić information content (AvgIpc) is 2.50. The van der Waals surface area contributed by atoms with Gasteiger partial charge >= 0.3 is 0 Å². The van der Waals surface area contributed by atoms with E-state index in [9.17, 15) is 4.79 Å². The van der Waals surface area contributed by atoms with Crippen molar-refractivity contribution in [3.8, 4) is 6.07 Å². The van der Waals surface area contributed by atoms with Crippen molar-refractivity contribution in [3.63, 3.8) is 0 Å². The van der Waals surface area contributed by atoms with Crippen molar-refractivity contribution in [2.24, 2.45) is 0 Å². The fourth-order valence-corrected chi connectivity index (χ4v) is 1.99. The highest BCUT2D eigenvalue weighted by Gasteiger charge is 2.28. The van der Waals surface area contributed by atoms with Crippen LogP contribution >= 0.6 is 0 Å². The van der Waals surface area contributed by atoms with Gasteiger partial charge in [0.15, 0.2) is 0 Å². The number of likely N-dealkylation sites (tertiary alicyclic amines) is 1. The summed E-state index contributed by atoms with van der Waals surface area (Å²) >= 11 is 0. The van der Waals surface area contributed by atoms with Crippen molar-refractivity contribution in [3.05, 3.63) is 0 Å². The molecule has 0 aromatic heterocycles. The molecular weight excluding hydrogens is 164 g/mol. The number of nitrogens with zero attached hydrogens (tertiary/aromatic N) is 2. The first-order valence-corrected chi connectivity index (χ1v) is 4.80. The normalized spacial score (nSPS) is 25.5. The fraction of sp³-hybridized carbons (Fsp3) is 0.800. The molecule has 3 heteroatoms. The van der Waals surface area contributed by atoms with Crippen LogP contribution in [0.1, 0.15) is 33.1 Å². The van der Waals surface area contributed by atoms with Crippen molar-refractivity contribution in [2.45, 2.75) is 45.2 Å². The second-order valence-corrected chi connectivity index (χ2v) is 3.75. The van der Waals surface area contributed by atoms with Gasteiger partial charge in [-0.1, -0.05) is 0 Å². The third-order valence-electron chi connectivity index (χ3n) is 2.63. The largest absolute Gasteiger partial charge is 0.300 e. The van der Waals surface area contributed by atoms with Crippen LogP contribution in [0.2, 0.25) is 0 Å². The summed E-state index contributed by atoms with van der Waals surface area (Å²) < 4.78 is 0. The van der Waals surface area contributed by atoms with Gasteiger partial charge in [-0.3, -0.25) is 9.69 Å². The van der Waals surface area contributed by atoms with E-state index in [2.05, 4.69) is 11.0 Å². The van der Waals surface area contributed by atoms with Gasteiger partial charge < -0.3 is 0 Å². The molecule has 0 aliphatic carbocycles. The Bertz CT molecular complexity index is 232. The SMILES string of the molecule is CC(=O)CC1CCCN1C(C)C#N. The average molecular weight is 180 g/mol. The van der Waals surface area contributed by atoms with Crippen LogP contribution in [0.25, 0.3) is 0 Å². The van der Waals surface area contributed by atoms with Crippen LogP contribution < -0.4 is 0 Å². The van der Waals surface area contributed by atoms with Crippen molar-refractivity contribution >= 4 is 5.78 Å². The van der Waals surface area contributed by atoms with Crippen molar-refractivity contribution in [2.75, 3.05) is 6.54 Å². The van der Waals surface area contributed by atoms with Gasteiger partial charge in [0.05, 0.1) is 12.1 Å². The molecule has 0 aromatic rings. The molecule has 3 nitrogen and oxygen atoms in total. The fourth-order valence-electron chi connectivity index (χ4n) is 1.99. The van der Waals surface area contributed by atoms with Crippen molar-refractivity contribution in [1.29, 1.82) is 5.26 Å². The molecule has 13 heavy (non-hydrogen) atoms. The molecule has 0 spiro atoms. The molecule has 0 N–H and O–H groups in total.